The minimum atomic E-state index is -0.377. The summed E-state index contributed by atoms with van der Waals surface area (Å²) in [5.74, 6) is -0.958. The van der Waals surface area contributed by atoms with E-state index in [9.17, 15) is 14.0 Å². The van der Waals surface area contributed by atoms with E-state index in [1.54, 1.807) is 4.90 Å². The summed E-state index contributed by atoms with van der Waals surface area (Å²) in [5.41, 5.74) is 7.27. The maximum Gasteiger partial charge on any atom is 0.274 e. The molecule has 148 valence electrons. The number of piperidine rings is 1. The zero-order chi connectivity index (χ0) is 20.4. The van der Waals surface area contributed by atoms with E-state index in [1.165, 1.54) is 53.7 Å². The SMILES string of the molecule is Nc1c(C(=O)[C@H]2CCCN(C(=O)c3cnccn3)C2)cnn1-c1ccc(F)cc1. The zero-order valence-corrected chi connectivity index (χ0v) is 15.5. The van der Waals surface area contributed by atoms with E-state index in [0.717, 1.165) is 0 Å². The number of anilines is 1. The van der Waals surface area contributed by atoms with Crippen molar-refractivity contribution < 1.29 is 14.0 Å². The first-order valence-electron chi connectivity index (χ1n) is 9.23. The van der Waals surface area contributed by atoms with Crippen LogP contribution in [0.4, 0.5) is 10.2 Å². The number of rotatable bonds is 4. The molecule has 4 rings (SSSR count). The summed E-state index contributed by atoms with van der Waals surface area (Å²) >= 11 is 0. The van der Waals surface area contributed by atoms with Gasteiger partial charge in [-0.25, -0.2) is 14.1 Å². The second kappa shape index (κ2) is 7.78. The van der Waals surface area contributed by atoms with E-state index < -0.39 is 0 Å². The van der Waals surface area contributed by atoms with E-state index >= 15 is 0 Å². The number of benzene rings is 1. The second-order valence-electron chi connectivity index (χ2n) is 6.88. The van der Waals surface area contributed by atoms with E-state index in [4.69, 9.17) is 5.73 Å². The lowest BCUT2D eigenvalue weighted by Gasteiger charge is -2.31. The van der Waals surface area contributed by atoms with Gasteiger partial charge in [-0.05, 0) is 37.1 Å². The summed E-state index contributed by atoms with van der Waals surface area (Å²) in [5, 5.41) is 4.18. The molecule has 0 spiro atoms. The van der Waals surface area contributed by atoms with E-state index in [2.05, 4.69) is 15.1 Å². The van der Waals surface area contributed by atoms with Crippen LogP contribution in [-0.4, -0.2) is 49.4 Å². The van der Waals surface area contributed by atoms with Gasteiger partial charge in [0.2, 0.25) is 0 Å². The number of nitrogens with zero attached hydrogens (tertiary/aromatic N) is 5. The van der Waals surface area contributed by atoms with Gasteiger partial charge < -0.3 is 10.6 Å². The summed E-state index contributed by atoms with van der Waals surface area (Å²) in [7, 11) is 0. The van der Waals surface area contributed by atoms with Crippen LogP contribution in [0.3, 0.4) is 0 Å². The lowest BCUT2D eigenvalue weighted by Crippen LogP contribution is -2.42. The molecule has 2 N–H and O–H groups in total. The minimum Gasteiger partial charge on any atom is -0.383 e. The molecule has 1 aromatic carbocycles. The molecular weight excluding hydrogens is 375 g/mol. The first-order valence-corrected chi connectivity index (χ1v) is 9.23. The Morgan fingerprint density at radius 3 is 2.66 bits per heavy atom. The summed E-state index contributed by atoms with van der Waals surface area (Å²) in [6, 6.07) is 5.67. The second-order valence-corrected chi connectivity index (χ2v) is 6.88. The predicted molar refractivity (Wildman–Crippen MR) is 103 cm³/mol. The van der Waals surface area contributed by atoms with Gasteiger partial charge >= 0.3 is 0 Å². The Morgan fingerprint density at radius 1 is 1.14 bits per heavy atom. The molecule has 1 atom stereocenters. The van der Waals surface area contributed by atoms with Crippen molar-refractivity contribution >= 4 is 17.5 Å². The first-order chi connectivity index (χ1) is 14.0. The predicted octanol–water partition coefficient (Wildman–Crippen LogP) is 2.12. The van der Waals surface area contributed by atoms with Crippen LogP contribution in [0.25, 0.3) is 5.69 Å². The topological polar surface area (TPSA) is 107 Å². The van der Waals surface area contributed by atoms with Gasteiger partial charge in [-0.3, -0.25) is 14.6 Å². The maximum atomic E-state index is 13.1. The number of amides is 1. The average Bonchev–Trinajstić information content (AvgIpc) is 3.15. The van der Waals surface area contributed by atoms with Crippen LogP contribution in [0.2, 0.25) is 0 Å². The Morgan fingerprint density at radius 2 is 1.93 bits per heavy atom. The van der Waals surface area contributed by atoms with Crippen LogP contribution in [0.1, 0.15) is 33.7 Å². The molecule has 8 nitrogen and oxygen atoms in total. The van der Waals surface area contributed by atoms with Gasteiger partial charge in [-0.1, -0.05) is 0 Å². The van der Waals surface area contributed by atoms with E-state index in [-0.39, 0.29) is 41.5 Å². The normalized spacial score (nSPS) is 16.6. The smallest absolute Gasteiger partial charge is 0.274 e. The summed E-state index contributed by atoms with van der Waals surface area (Å²) in [6.45, 7) is 0.846. The minimum absolute atomic E-state index is 0.160. The van der Waals surface area contributed by atoms with Crippen molar-refractivity contribution in [3.63, 3.8) is 0 Å². The van der Waals surface area contributed by atoms with Crippen LogP contribution in [0.15, 0.2) is 49.1 Å². The molecule has 29 heavy (non-hydrogen) atoms. The Kier molecular flexibility index (Phi) is 5.03. The fourth-order valence-corrected chi connectivity index (χ4v) is 3.50. The highest BCUT2D eigenvalue weighted by Gasteiger charge is 2.32. The Bertz CT molecular complexity index is 1030. The van der Waals surface area contributed by atoms with Gasteiger partial charge in [-0.15, -0.1) is 0 Å². The van der Waals surface area contributed by atoms with Crippen LogP contribution in [-0.2, 0) is 0 Å². The lowest BCUT2D eigenvalue weighted by molar-refractivity contribution is 0.0632. The molecule has 9 heteroatoms. The van der Waals surface area contributed by atoms with Crippen LogP contribution in [0.5, 0.6) is 0 Å². The number of hydrogen-bond donors (Lipinski definition) is 1. The number of Topliss-reactive ketones (excluding diaryl/α,β-unsaturated/α-hetero) is 1. The van der Waals surface area contributed by atoms with Crippen LogP contribution >= 0.6 is 0 Å². The number of nitrogen functional groups attached to an aromatic ring is 1. The zero-order valence-electron chi connectivity index (χ0n) is 15.5. The molecule has 3 heterocycles. The molecule has 0 saturated carbocycles. The van der Waals surface area contributed by atoms with Crippen molar-refractivity contribution in [1.82, 2.24) is 24.6 Å². The molecule has 0 radical (unpaired) electrons. The van der Waals surface area contributed by atoms with E-state index in [1.807, 2.05) is 0 Å². The molecule has 3 aromatic rings. The first kappa shape index (κ1) is 18.7. The molecule has 1 aliphatic heterocycles. The van der Waals surface area contributed by atoms with Crippen LogP contribution < -0.4 is 5.73 Å². The Balaban J connectivity index is 1.52. The molecular formula is C20H19FN6O2. The molecule has 1 saturated heterocycles. The monoisotopic (exact) mass is 394 g/mol. The Hall–Kier alpha value is -3.62. The number of hydrogen-bond acceptors (Lipinski definition) is 6. The molecule has 1 fully saturated rings. The number of nitrogens with two attached hydrogens (primary N) is 1. The summed E-state index contributed by atoms with van der Waals surface area (Å²) < 4.78 is 14.5. The average molecular weight is 394 g/mol. The third kappa shape index (κ3) is 3.71. The number of halogens is 1. The highest BCUT2D eigenvalue weighted by Crippen LogP contribution is 2.26. The number of carbonyl (C=O) groups is 2. The molecule has 1 aliphatic rings. The van der Waals surface area contributed by atoms with Gasteiger partial charge in [0.05, 0.1) is 23.6 Å². The lowest BCUT2D eigenvalue weighted by atomic mass is 9.90. The molecule has 0 aliphatic carbocycles. The van der Waals surface area contributed by atoms with Gasteiger partial charge in [0.1, 0.15) is 17.3 Å². The van der Waals surface area contributed by atoms with Gasteiger partial charge in [0.15, 0.2) is 5.78 Å². The van der Waals surface area contributed by atoms with Crippen molar-refractivity contribution in [2.45, 2.75) is 12.8 Å². The van der Waals surface area contributed by atoms with Gasteiger partial charge in [0.25, 0.3) is 5.91 Å². The fraction of sp³-hybridized carbons (Fsp3) is 0.250. The highest BCUT2D eigenvalue weighted by atomic mass is 19.1. The number of ketones is 1. The van der Waals surface area contributed by atoms with Gasteiger partial charge in [-0.2, -0.15) is 5.10 Å². The fourth-order valence-electron chi connectivity index (χ4n) is 3.50. The molecule has 2 aromatic heterocycles. The van der Waals surface area contributed by atoms with Crippen molar-refractivity contribution in [2.75, 3.05) is 18.8 Å². The maximum absolute atomic E-state index is 13.1. The van der Waals surface area contributed by atoms with Crippen molar-refractivity contribution in [3.8, 4) is 5.69 Å². The van der Waals surface area contributed by atoms with Crippen molar-refractivity contribution in [1.29, 1.82) is 0 Å². The molecule has 0 bridgehead atoms. The number of aromatic nitrogens is 4. The molecule has 1 amide bonds. The highest BCUT2D eigenvalue weighted by molar-refractivity contribution is 6.02. The van der Waals surface area contributed by atoms with Crippen molar-refractivity contribution in [3.05, 3.63) is 66.1 Å². The quantitative estimate of drug-likeness (QED) is 0.679. The number of likely N-dealkylation sites (tertiary alicyclic amines) is 1. The third-order valence-corrected chi connectivity index (χ3v) is 5.00. The number of carbonyl (C=O) groups excluding carboxylic acids is 2. The largest absolute Gasteiger partial charge is 0.383 e. The van der Waals surface area contributed by atoms with Gasteiger partial charge in [0, 0.05) is 31.4 Å². The third-order valence-electron chi connectivity index (χ3n) is 5.00. The van der Waals surface area contributed by atoms with E-state index in [0.29, 0.717) is 30.6 Å². The Labute approximate surface area is 166 Å². The summed E-state index contributed by atoms with van der Waals surface area (Å²) in [6.07, 6.45) is 7.16. The summed E-state index contributed by atoms with van der Waals surface area (Å²) in [4.78, 5) is 35.3. The molecule has 0 unspecified atom stereocenters. The van der Waals surface area contributed by atoms with Crippen molar-refractivity contribution in [2.24, 2.45) is 5.92 Å². The van der Waals surface area contributed by atoms with Crippen LogP contribution in [0, 0.1) is 11.7 Å². The standard InChI is InChI=1S/C20H19FN6O2/c21-14-3-5-15(6-4-14)27-19(22)16(10-25-27)18(28)13-2-1-9-26(12-13)20(29)17-11-23-7-8-24-17/h3-8,10-11,13H,1-2,9,12,22H2/t13-/m0/s1.